The molecule has 0 spiro atoms. The van der Waals surface area contributed by atoms with E-state index in [1.54, 1.807) is 21.1 Å². The van der Waals surface area contributed by atoms with Gasteiger partial charge in [0.1, 0.15) is 29.4 Å². The van der Waals surface area contributed by atoms with E-state index in [0.29, 0.717) is 43.1 Å². The van der Waals surface area contributed by atoms with Crippen molar-refractivity contribution in [3.8, 4) is 11.5 Å². The van der Waals surface area contributed by atoms with Gasteiger partial charge in [0.05, 0.1) is 33.5 Å². The van der Waals surface area contributed by atoms with Crippen LogP contribution in [0, 0.1) is 6.92 Å². The minimum Gasteiger partial charge on any atom is -0.497 e. The summed E-state index contributed by atoms with van der Waals surface area (Å²) in [6.45, 7) is 11.1. The Labute approximate surface area is 313 Å². The van der Waals surface area contributed by atoms with Crippen LogP contribution in [0.2, 0.25) is 0 Å². The number of methoxy groups -OCH3 is 2. The molecule has 4 aromatic rings. The van der Waals surface area contributed by atoms with Crippen LogP contribution in [-0.4, -0.2) is 72.5 Å². The van der Waals surface area contributed by atoms with Gasteiger partial charge in [-0.2, -0.15) is 0 Å². The molecule has 12 nitrogen and oxygen atoms in total. The molecule has 3 N–H and O–H groups in total. The van der Waals surface area contributed by atoms with E-state index in [1.165, 1.54) is 10.8 Å². The number of aryl methyl sites for hydroxylation is 1. The van der Waals surface area contributed by atoms with Crippen molar-refractivity contribution in [2.45, 2.75) is 83.6 Å². The Morgan fingerprint density at radius 3 is 2.00 bits per heavy atom. The Morgan fingerprint density at radius 1 is 0.906 bits per heavy atom. The average molecular weight is 749 g/mol. The van der Waals surface area contributed by atoms with Crippen LogP contribution in [0.4, 0.5) is 0 Å². The topological polar surface area (TPSA) is 140 Å². The molecule has 1 fully saturated rings. The molecule has 2 heterocycles. The molecule has 53 heavy (non-hydrogen) atoms. The second kappa shape index (κ2) is 18.4. The molecule has 1 saturated heterocycles. The minimum atomic E-state index is -1.57. The molecule has 5 rings (SSSR count). The quantitative estimate of drug-likeness (QED) is 0.0682. The van der Waals surface area contributed by atoms with Crippen molar-refractivity contribution in [3.63, 3.8) is 0 Å². The van der Waals surface area contributed by atoms with Crippen molar-refractivity contribution in [3.05, 3.63) is 128 Å². The van der Waals surface area contributed by atoms with Crippen LogP contribution in [0.5, 0.6) is 11.5 Å². The molecule has 4 unspecified atom stereocenters. The maximum Gasteiger partial charge on any atom is 0.330 e. The van der Waals surface area contributed by atoms with Crippen molar-refractivity contribution >= 4 is 8.53 Å². The van der Waals surface area contributed by atoms with Gasteiger partial charge in [0.2, 0.25) is 0 Å². The number of benzene rings is 3. The van der Waals surface area contributed by atoms with Crippen LogP contribution in [0.3, 0.4) is 0 Å². The van der Waals surface area contributed by atoms with Gasteiger partial charge in [0.15, 0.2) is 0 Å². The second-order valence-corrected chi connectivity index (χ2v) is 15.0. The normalized spacial score (nSPS) is 18.2. The molecular formula is C40H53N4O8P. The molecular weight excluding hydrogens is 695 g/mol. The molecule has 1 aliphatic heterocycles. The summed E-state index contributed by atoms with van der Waals surface area (Å²) in [6, 6.07) is 25.9. The molecule has 0 amide bonds. The van der Waals surface area contributed by atoms with Crippen molar-refractivity contribution in [1.82, 2.24) is 14.2 Å². The van der Waals surface area contributed by atoms with Crippen LogP contribution < -0.4 is 26.5 Å². The molecule has 0 aliphatic carbocycles. The second-order valence-electron chi connectivity index (χ2n) is 13.6. The van der Waals surface area contributed by atoms with Gasteiger partial charge in [0.25, 0.3) is 14.1 Å². The van der Waals surface area contributed by atoms with E-state index in [2.05, 4.69) is 37.3 Å². The Bertz CT molecular complexity index is 1790. The summed E-state index contributed by atoms with van der Waals surface area (Å²) in [6.07, 6.45) is 0.581. The highest BCUT2D eigenvalue weighted by Gasteiger charge is 2.45. The minimum absolute atomic E-state index is 0.0700. The van der Waals surface area contributed by atoms with Gasteiger partial charge in [-0.05, 0) is 88.5 Å². The smallest absolute Gasteiger partial charge is 0.330 e. The van der Waals surface area contributed by atoms with Crippen LogP contribution in [-0.2, 0) is 24.1 Å². The highest BCUT2D eigenvalue weighted by Crippen LogP contribution is 2.50. The summed E-state index contributed by atoms with van der Waals surface area (Å²) in [5, 5.41) is 0. The third-order valence-electron chi connectivity index (χ3n) is 9.30. The fraction of sp³-hybridized carbons (Fsp3) is 0.450. The number of aromatic nitrogens is 2. The molecule has 1 aliphatic rings. The zero-order chi connectivity index (χ0) is 38.1. The van der Waals surface area contributed by atoms with E-state index in [4.69, 9.17) is 33.7 Å². The maximum atomic E-state index is 13.1. The fourth-order valence-corrected chi connectivity index (χ4v) is 8.48. The van der Waals surface area contributed by atoms with Gasteiger partial charge in [-0.1, -0.05) is 54.6 Å². The third-order valence-corrected chi connectivity index (χ3v) is 11.5. The van der Waals surface area contributed by atoms with E-state index in [9.17, 15) is 9.59 Å². The molecule has 0 bridgehead atoms. The summed E-state index contributed by atoms with van der Waals surface area (Å²) >= 11 is 0. The Morgan fingerprint density at radius 2 is 1.47 bits per heavy atom. The lowest BCUT2D eigenvalue weighted by atomic mass is 9.80. The van der Waals surface area contributed by atoms with Crippen molar-refractivity contribution in [1.29, 1.82) is 0 Å². The zero-order valence-electron chi connectivity index (χ0n) is 31.7. The first-order valence-corrected chi connectivity index (χ1v) is 19.2. The number of nitrogens with two attached hydrogens (primary N) is 1. The predicted octanol–water partition coefficient (Wildman–Crippen LogP) is 6.25. The largest absolute Gasteiger partial charge is 0.497 e. The Kier molecular flexibility index (Phi) is 14.0. The van der Waals surface area contributed by atoms with Gasteiger partial charge in [-0.15, -0.1) is 0 Å². The lowest BCUT2D eigenvalue weighted by molar-refractivity contribution is -0.0926. The average Bonchev–Trinajstić information content (AvgIpc) is 3.56. The number of hydrogen-bond acceptors (Lipinski definition) is 10. The van der Waals surface area contributed by atoms with E-state index in [-0.39, 0.29) is 18.7 Å². The highest BCUT2D eigenvalue weighted by molar-refractivity contribution is 7.44. The lowest BCUT2D eigenvalue weighted by Crippen LogP contribution is -2.39. The highest BCUT2D eigenvalue weighted by atomic mass is 31.2. The van der Waals surface area contributed by atoms with E-state index in [0.717, 1.165) is 16.7 Å². The first-order chi connectivity index (χ1) is 25.5. The molecule has 0 saturated carbocycles. The maximum absolute atomic E-state index is 13.1. The monoisotopic (exact) mass is 748 g/mol. The van der Waals surface area contributed by atoms with Gasteiger partial charge in [-0.25, -0.2) is 9.46 Å². The van der Waals surface area contributed by atoms with Crippen molar-refractivity contribution < 1.29 is 28.0 Å². The number of nitrogens with one attached hydrogen (secondary N) is 1. The van der Waals surface area contributed by atoms with Crippen LogP contribution >= 0.6 is 8.53 Å². The van der Waals surface area contributed by atoms with Gasteiger partial charge in [-0.3, -0.25) is 14.3 Å². The number of hydrogen-bond donors (Lipinski definition) is 2. The number of nitrogens with zero attached hydrogens (tertiary/aromatic N) is 2. The van der Waals surface area contributed by atoms with Crippen LogP contribution in [0.25, 0.3) is 0 Å². The van der Waals surface area contributed by atoms with Crippen molar-refractivity contribution in [2.24, 2.45) is 5.73 Å². The van der Waals surface area contributed by atoms with E-state index in [1.807, 2.05) is 78.9 Å². The van der Waals surface area contributed by atoms with Gasteiger partial charge < -0.3 is 33.7 Å². The summed E-state index contributed by atoms with van der Waals surface area (Å²) < 4.78 is 42.0. The Hall–Kier alpha value is -3.87. The number of ether oxygens (including phenoxy) is 4. The third kappa shape index (κ3) is 9.27. The summed E-state index contributed by atoms with van der Waals surface area (Å²) in [7, 11) is 1.70. The number of aromatic amines is 1. The van der Waals surface area contributed by atoms with E-state index >= 15 is 0 Å². The molecule has 13 heteroatoms. The van der Waals surface area contributed by atoms with Crippen molar-refractivity contribution in [2.75, 3.05) is 34.0 Å². The Balaban J connectivity index is 1.60. The molecule has 3 aromatic carbocycles. The molecule has 1 aromatic heterocycles. The fourth-order valence-electron chi connectivity index (χ4n) is 6.68. The molecule has 0 radical (unpaired) electrons. The zero-order valence-corrected chi connectivity index (χ0v) is 32.6. The number of rotatable bonds is 18. The lowest BCUT2D eigenvalue weighted by Gasteiger charge is -2.39. The summed E-state index contributed by atoms with van der Waals surface area (Å²) in [5.74, 6) is 1.43. The van der Waals surface area contributed by atoms with Crippen LogP contribution in [0.15, 0.2) is 94.6 Å². The summed E-state index contributed by atoms with van der Waals surface area (Å²) in [5.41, 5.74) is 6.75. The molecule has 286 valence electrons. The van der Waals surface area contributed by atoms with E-state index < -0.39 is 43.8 Å². The first-order valence-electron chi connectivity index (χ1n) is 18.1. The number of H-pyrrole nitrogens is 1. The van der Waals surface area contributed by atoms with Gasteiger partial charge >= 0.3 is 5.69 Å². The standard InChI is InChI=1S/C40H53N4O8P/c1-27(2)44(28(3)4)53(50-23-11-22-41)52-35-24-37(43-25-29(5)38(45)42-39(43)46)51-36(35)26-49-40(30-12-9-8-10-13-30,31-14-18-33(47-6)19-15-31)32-16-20-34(48-7)21-17-32/h8-10,12-21,25,27-28,35-37H,11,22-24,26,41H2,1-7H3,(H,42,45,46). The predicted molar refractivity (Wildman–Crippen MR) is 206 cm³/mol. The SMILES string of the molecule is COc1ccc(C(OCC2OC(n3cc(C)c(=O)[nH]c3=O)CC2OP(OCCCN)N(C(C)C)C(C)C)(c2ccccc2)c2ccc(OC)cc2)cc1. The first kappa shape index (κ1) is 40.3. The summed E-state index contributed by atoms with van der Waals surface area (Å²) in [4.78, 5) is 27.9. The molecule has 4 atom stereocenters. The van der Waals surface area contributed by atoms with Crippen LogP contribution in [0.1, 0.15) is 69.0 Å². The van der Waals surface area contributed by atoms with Gasteiger partial charge in [0, 0.05) is 30.3 Å².